The van der Waals surface area contributed by atoms with E-state index < -0.39 is 24.0 Å². The van der Waals surface area contributed by atoms with Gasteiger partial charge in [-0.05, 0) is 32.7 Å². The Bertz CT molecular complexity index is 720. The van der Waals surface area contributed by atoms with Crippen LogP contribution >= 0.6 is 0 Å². The number of hydrogen-bond donors (Lipinski definition) is 5. The lowest BCUT2D eigenvalue weighted by atomic mass is 10.1. The third-order valence-corrected chi connectivity index (χ3v) is 3.93. The zero-order valence-electron chi connectivity index (χ0n) is 17.9. The highest BCUT2D eigenvalue weighted by atomic mass is 16.5. The van der Waals surface area contributed by atoms with Gasteiger partial charge in [-0.3, -0.25) is 9.48 Å². The molecule has 0 spiro atoms. The number of carbonyl (C=O) groups is 3. The average molecular weight is 458 g/mol. The normalized spacial score (nSPS) is 10.9. The second-order valence-electron chi connectivity index (χ2n) is 6.50. The Morgan fingerprint density at radius 3 is 2.53 bits per heavy atom. The fourth-order valence-electron chi connectivity index (χ4n) is 2.38. The molecule has 14 heteroatoms. The van der Waals surface area contributed by atoms with E-state index in [0.717, 1.165) is 31.5 Å². The van der Waals surface area contributed by atoms with Crippen molar-refractivity contribution in [1.82, 2.24) is 30.9 Å². The molecule has 0 bridgehead atoms. The van der Waals surface area contributed by atoms with E-state index in [4.69, 9.17) is 24.5 Å². The maximum Gasteiger partial charge on any atom is 0.373 e. The van der Waals surface area contributed by atoms with E-state index in [-0.39, 0.29) is 19.0 Å². The van der Waals surface area contributed by atoms with Crippen molar-refractivity contribution in [3.05, 3.63) is 11.9 Å². The number of unbranched alkanes of at least 4 members (excludes halogenated alkanes) is 2. The highest BCUT2D eigenvalue weighted by molar-refractivity contribution is 5.82. The van der Waals surface area contributed by atoms with Crippen molar-refractivity contribution in [3.63, 3.8) is 0 Å². The maximum absolute atomic E-state index is 11.7. The predicted molar refractivity (Wildman–Crippen MR) is 107 cm³/mol. The number of urea groups is 1. The fourth-order valence-corrected chi connectivity index (χ4v) is 2.38. The molecule has 0 aromatic carbocycles. The number of ether oxygens (including phenoxy) is 1. The first kappa shape index (κ1) is 28.6. The van der Waals surface area contributed by atoms with Crippen molar-refractivity contribution >= 4 is 24.1 Å². The summed E-state index contributed by atoms with van der Waals surface area (Å²) in [7, 11) is 1.86. The summed E-state index contributed by atoms with van der Waals surface area (Å²) >= 11 is 0. The molecule has 1 aromatic heterocycles. The van der Waals surface area contributed by atoms with E-state index >= 15 is 0 Å². The van der Waals surface area contributed by atoms with Crippen molar-refractivity contribution in [2.24, 2.45) is 0 Å². The van der Waals surface area contributed by atoms with Crippen molar-refractivity contribution in [2.45, 2.75) is 51.3 Å². The lowest BCUT2D eigenvalue weighted by molar-refractivity contribution is -0.191. The minimum Gasteiger partial charge on any atom is -0.481 e. The van der Waals surface area contributed by atoms with Crippen LogP contribution < -0.4 is 16.0 Å². The molecular formula is C18H30N6O8. The zero-order chi connectivity index (χ0) is 24.2. The zero-order valence-corrected chi connectivity index (χ0v) is 17.9. The van der Waals surface area contributed by atoms with E-state index in [1.165, 1.54) is 0 Å². The molecule has 1 rings (SSSR count). The van der Waals surface area contributed by atoms with Crippen LogP contribution in [0.3, 0.4) is 0 Å². The van der Waals surface area contributed by atoms with Crippen LogP contribution in [0.4, 0.5) is 4.79 Å². The van der Waals surface area contributed by atoms with E-state index in [2.05, 4.69) is 26.3 Å². The van der Waals surface area contributed by atoms with Crippen LogP contribution in [0.15, 0.2) is 6.20 Å². The van der Waals surface area contributed by atoms with Crippen LogP contribution in [0.25, 0.3) is 0 Å². The molecule has 0 aliphatic heterocycles. The van der Waals surface area contributed by atoms with Crippen molar-refractivity contribution in [3.8, 4) is 0 Å². The molecule has 0 radical (unpaired) electrons. The molecule has 0 fully saturated rings. The largest absolute Gasteiger partial charge is 0.481 e. The number of nitrogens with one attached hydrogen (secondary N) is 3. The number of aliphatic carboxylic acids is 2. The number of nitrogens with zero attached hydrogens (tertiary/aromatic N) is 3. The number of carboxylic acids is 2. The van der Waals surface area contributed by atoms with Crippen LogP contribution in [0, 0.1) is 0 Å². The topological polar surface area (TPSA) is 202 Å². The summed E-state index contributed by atoms with van der Waals surface area (Å²) in [6.45, 7) is 2.89. The van der Waals surface area contributed by atoms with Crippen LogP contribution in [0.5, 0.6) is 0 Å². The number of carbonyl (C=O) groups excluding carboxylic acids is 3. The summed E-state index contributed by atoms with van der Waals surface area (Å²) in [5.41, 5.74) is 0.773. The number of amides is 2. The Labute approximate surface area is 184 Å². The van der Waals surface area contributed by atoms with Gasteiger partial charge in [0.1, 0.15) is 11.7 Å². The van der Waals surface area contributed by atoms with Crippen molar-refractivity contribution in [2.75, 3.05) is 26.7 Å². The summed E-state index contributed by atoms with van der Waals surface area (Å²) < 4.78 is 7.18. The molecule has 0 saturated carbocycles. The van der Waals surface area contributed by atoms with Gasteiger partial charge in [-0.25, -0.2) is 9.59 Å². The highest BCUT2D eigenvalue weighted by Crippen LogP contribution is 2.01. The summed E-state index contributed by atoms with van der Waals surface area (Å²) in [5, 5.41) is 33.5. The number of carboxylic acid groups (broad SMARTS) is 2. The minimum atomic E-state index is -1.26. The first-order chi connectivity index (χ1) is 15.3. The highest BCUT2D eigenvalue weighted by Gasteiger charge is 2.20. The van der Waals surface area contributed by atoms with Gasteiger partial charge in [0.15, 0.2) is 0 Å². The van der Waals surface area contributed by atoms with Gasteiger partial charge in [0.2, 0.25) is 0 Å². The Morgan fingerprint density at radius 2 is 1.91 bits per heavy atom. The van der Waals surface area contributed by atoms with Gasteiger partial charge in [0, 0.05) is 26.1 Å². The van der Waals surface area contributed by atoms with Crippen LogP contribution in [-0.2, 0) is 37.1 Å². The Morgan fingerprint density at radius 1 is 1.19 bits per heavy atom. The monoisotopic (exact) mass is 458 g/mol. The van der Waals surface area contributed by atoms with Gasteiger partial charge in [0.05, 0.1) is 19.4 Å². The molecule has 32 heavy (non-hydrogen) atoms. The number of likely N-dealkylation sites (N-methyl/N-ethyl adjacent to an activating group) is 1. The van der Waals surface area contributed by atoms with E-state index in [0.29, 0.717) is 26.3 Å². The third kappa shape index (κ3) is 15.5. The van der Waals surface area contributed by atoms with Crippen LogP contribution in [0.1, 0.15) is 37.8 Å². The van der Waals surface area contributed by atoms with Gasteiger partial charge >= 0.3 is 24.1 Å². The summed E-state index contributed by atoms with van der Waals surface area (Å²) in [4.78, 5) is 49.5. The Hall–Kier alpha value is -3.35. The summed E-state index contributed by atoms with van der Waals surface area (Å²) in [6.07, 6.45) is 4.00. The van der Waals surface area contributed by atoms with Gasteiger partial charge in [-0.2, -0.15) is 9.59 Å². The first-order valence-electron chi connectivity index (χ1n) is 9.93. The fraction of sp³-hybridized carbons (Fsp3) is 0.667. The van der Waals surface area contributed by atoms with E-state index in [9.17, 15) is 14.4 Å². The molecule has 0 aliphatic carbocycles. The molecule has 5 N–H and O–H groups in total. The second-order valence-corrected chi connectivity index (χ2v) is 6.50. The summed E-state index contributed by atoms with van der Waals surface area (Å²) in [5.74, 6) is -2.37. The van der Waals surface area contributed by atoms with Gasteiger partial charge < -0.3 is 30.9 Å². The third-order valence-electron chi connectivity index (χ3n) is 3.93. The molecular weight excluding hydrogens is 428 g/mol. The molecule has 180 valence electrons. The molecule has 0 aliphatic rings. The second kappa shape index (κ2) is 18.4. The molecule has 14 nitrogen and oxygen atoms in total. The molecule has 1 atom stereocenters. The van der Waals surface area contributed by atoms with Crippen LogP contribution in [0.2, 0.25) is 0 Å². The maximum atomic E-state index is 11.7. The number of rotatable bonds is 16. The van der Waals surface area contributed by atoms with Crippen LogP contribution in [-0.4, -0.2) is 82.1 Å². The first-order valence-corrected chi connectivity index (χ1v) is 9.93. The molecule has 0 saturated heterocycles. The van der Waals surface area contributed by atoms with Gasteiger partial charge in [-0.15, -0.1) is 5.10 Å². The SMILES string of the molecule is CNCCOCc1cn(CCCCCNC(=O)N[C@@H](CCC(=O)O)C(=O)O)nn1.O=C=O. The Kier molecular flexibility index (Phi) is 16.5. The van der Waals surface area contributed by atoms with E-state index in [1.807, 2.05) is 13.2 Å². The van der Waals surface area contributed by atoms with Gasteiger partial charge in [0.25, 0.3) is 0 Å². The standard InChI is InChI=1S/C17H30N6O6.CO2/c1-18-8-10-29-12-13-11-23(22-21-13)9-4-2-3-7-19-17(28)20-14(16(26)27)5-6-15(24)25;2-1-3/h11,14,18H,2-10,12H2,1H3,(H,24,25)(H,26,27)(H2,19,20,28);/t14-;/m0./s1. The van der Waals surface area contributed by atoms with Gasteiger partial charge in [-0.1, -0.05) is 5.21 Å². The van der Waals surface area contributed by atoms with Crippen molar-refractivity contribution < 1.29 is 38.9 Å². The number of aromatic nitrogens is 3. The lowest BCUT2D eigenvalue weighted by Crippen LogP contribution is -2.46. The quantitative estimate of drug-likeness (QED) is 0.194. The lowest BCUT2D eigenvalue weighted by Gasteiger charge is -2.14. The molecule has 1 heterocycles. The number of hydrogen-bond acceptors (Lipinski definition) is 9. The summed E-state index contributed by atoms with van der Waals surface area (Å²) in [6, 6.07) is -1.85. The van der Waals surface area contributed by atoms with Crippen molar-refractivity contribution in [1.29, 1.82) is 0 Å². The predicted octanol–water partition coefficient (Wildman–Crippen LogP) is -0.782. The molecule has 1 aromatic rings. The Balaban J connectivity index is 0.00000302. The van der Waals surface area contributed by atoms with E-state index in [1.54, 1.807) is 4.68 Å². The average Bonchev–Trinajstić information content (AvgIpc) is 3.19. The minimum absolute atomic E-state index is 0.168. The molecule has 2 amide bonds. The molecule has 0 unspecified atom stereocenters. The number of aryl methyl sites for hydroxylation is 1. The smallest absolute Gasteiger partial charge is 0.373 e.